The van der Waals surface area contributed by atoms with Crippen molar-refractivity contribution >= 4 is 17.6 Å². The SMILES string of the molecule is OC1CCC(Nc2nc(Nc3ccncc3)nc(-c3ccccc3)n2)CC1. The fraction of sp³-hybridized carbons (Fsp3) is 0.300. The van der Waals surface area contributed by atoms with E-state index in [0.29, 0.717) is 17.7 Å². The molecule has 0 saturated heterocycles. The molecule has 0 aliphatic heterocycles. The lowest BCUT2D eigenvalue weighted by atomic mass is 9.93. The number of nitrogens with zero attached hydrogens (tertiary/aromatic N) is 4. The average Bonchev–Trinajstić information content (AvgIpc) is 2.71. The lowest BCUT2D eigenvalue weighted by Gasteiger charge is -2.26. The average molecular weight is 362 g/mol. The summed E-state index contributed by atoms with van der Waals surface area (Å²) in [5.74, 6) is 1.63. The Morgan fingerprint density at radius 2 is 1.52 bits per heavy atom. The fourth-order valence-electron chi connectivity index (χ4n) is 3.18. The molecule has 27 heavy (non-hydrogen) atoms. The van der Waals surface area contributed by atoms with E-state index >= 15 is 0 Å². The Labute approximate surface area is 158 Å². The Hall–Kier alpha value is -3.06. The molecular weight excluding hydrogens is 340 g/mol. The summed E-state index contributed by atoms with van der Waals surface area (Å²) >= 11 is 0. The van der Waals surface area contributed by atoms with E-state index in [2.05, 4.69) is 30.6 Å². The predicted molar refractivity (Wildman–Crippen MR) is 105 cm³/mol. The van der Waals surface area contributed by atoms with Gasteiger partial charge in [-0.1, -0.05) is 30.3 Å². The topological polar surface area (TPSA) is 95.8 Å². The standard InChI is InChI=1S/C20H22N6O/c27-17-8-6-15(7-9-17)22-19-24-18(14-4-2-1-3-5-14)25-20(26-19)23-16-10-12-21-13-11-16/h1-5,10-13,15,17,27H,6-9H2,(H2,21,22,23,24,25,26). The van der Waals surface area contributed by atoms with E-state index in [0.717, 1.165) is 36.9 Å². The smallest absolute Gasteiger partial charge is 0.232 e. The van der Waals surface area contributed by atoms with Crippen molar-refractivity contribution in [3.05, 3.63) is 54.9 Å². The van der Waals surface area contributed by atoms with Crippen LogP contribution in [0.15, 0.2) is 54.9 Å². The van der Waals surface area contributed by atoms with Gasteiger partial charge in [0.2, 0.25) is 11.9 Å². The molecular formula is C20H22N6O. The zero-order valence-corrected chi connectivity index (χ0v) is 14.9. The molecule has 4 rings (SSSR count). The highest BCUT2D eigenvalue weighted by molar-refractivity contribution is 5.60. The summed E-state index contributed by atoms with van der Waals surface area (Å²) in [5, 5.41) is 16.3. The second-order valence-corrected chi connectivity index (χ2v) is 6.68. The molecule has 1 fully saturated rings. The number of benzene rings is 1. The molecule has 1 aromatic carbocycles. The Balaban J connectivity index is 1.62. The van der Waals surface area contributed by atoms with Crippen molar-refractivity contribution < 1.29 is 5.11 Å². The van der Waals surface area contributed by atoms with Gasteiger partial charge in [0, 0.05) is 29.7 Å². The highest BCUT2D eigenvalue weighted by atomic mass is 16.3. The molecule has 0 atom stereocenters. The Kier molecular flexibility index (Phi) is 5.20. The molecule has 138 valence electrons. The predicted octanol–water partition coefficient (Wildman–Crippen LogP) is 3.39. The molecule has 1 saturated carbocycles. The van der Waals surface area contributed by atoms with Crippen molar-refractivity contribution in [2.45, 2.75) is 37.8 Å². The Morgan fingerprint density at radius 3 is 2.26 bits per heavy atom. The molecule has 7 heteroatoms. The van der Waals surface area contributed by atoms with Crippen LogP contribution in [0.4, 0.5) is 17.6 Å². The van der Waals surface area contributed by atoms with Gasteiger partial charge in [-0.3, -0.25) is 4.98 Å². The van der Waals surface area contributed by atoms with Gasteiger partial charge in [0.1, 0.15) is 0 Å². The van der Waals surface area contributed by atoms with Gasteiger partial charge in [0.25, 0.3) is 0 Å². The fourth-order valence-corrected chi connectivity index (χ4v) is 3.18. The first-order chi connectivity index (χ1) is 13.3. The van der Waals surface area contributed by atoms with Gasteiger partial charge in [-0.25, -0.2) is 0 Å². The summed E-state index contributed by atoms with van der Waals surface area (Å²) < 4.78 is 0. The number of aromatic nitrogens is 4. The highest BCUT2D eigenvalue weighted by Crippen LogP contribution is 2.24. The van der Waals surface area contributed by atoms with E-state index in [1.54, 1.807) is 12.4 Å². The molecule has 0 bridgehead atoms. The number of aliphatic hydroxyl groups excluding tert-OH is 1. The number of hydrogen-bond acceptors (Lipinski definition) is 7. The largest absolute Gasteiger partial charge is 0.393 e. The lowest BCUT2D eigenvalue weighted by Crippen LogP contribution is -2.29. The molecule has 2 aromatic heterocycles. The van der Waals surface area contributed by atoms with Crippen LogP contribution in [0, 0.1) is 0 Å². The van der Waals surface area contributed by atoms with Crippen molar-refractivity contribution in [1.82, 2.24) is 19.9 Å². The second-order valence-electron chi connectivity index (χ2n) is 6.68. The maximum absolute atomic E-state index is 9.71. The number of anilines is 3. The van der Waals surface area contributed by atoms with E-state index < -0.39 is 0 Å². The molecule has 3 N–H and O–H groups in total. The molecule has 0 radical (unpaired) electrons. The molecule has 0 unspecified atom stereocenters. The normalized spacial score (nSPS) is 19.4. The number of aliphatic hydroxyl groups is 1. The molecule has 1 aliphatic carbocycles. The monoisotopic (exact) mass is 362 g/mol. The van der Waals surface area contributed by atoms with Gasteiger partial charge >= 0.3 is 0 Å². The van der Waals surface area contributed by atoms with Crippen LogP contribution < -0.4 is 10.6 Å². The van der Waals surface area contributed by atoms with Crippen LogP contribution in [0.2, 0.25) is 0 Å². The highest BCUT2D eigenvalue weighted by Gasteiger charge is 2.20. The maximum Gasteiger partial charge on any atom is 0.232 e. The van der Waals surface area contributed by atoms with E-state index in [1.807, 2.05) is 42.5 Å². The Bertz CT molecular complexity index is 866. The third kappa shape index (κ3) is 4.57. The lowest BCUT2D eigenvalue weighted by molar-refractivity contribution is 0.126. The molecule has 1 aliphatic rings. The number of pyridine rings is 1. The van der Waals surface area contributed by atoms with Gasteiger partial charge in [-0.05, 0) is 37.8 Å². The van der Waals surface area contributed by atoms with Gasteiger partial charge in [-0.15, -0.1) is 0 Å². The maximum atomic E-state index is 9.71. The van der Waals surface area contributed by atoms with Gasteiger partial charge in [0.05, 0.1) is 6.10 Å². The van der Waals surface area contributed by atoms with Crippen molar-refractivity contribution in [3.8, 4) is 11.4 Å². The van der Waals surface area contributed by atoms with Crippen LogP contribution in [0.25, 0.3) is 11.4 Å². The third-order valence-electron chi connectivity index (χ3n) is 4.63. The number of rotatable bonds is 5. The summed E-state index contributed by atoms with van der Waals surface area (Å²) in [6.45, 7) is 0. The quantitative estimate of drug-likeness (QED) is 0.640. The molecule has 2 heterocycles. The van der Waals surface area contributed by atoms with E-state index in [1.165, 1.54) is 0 Å². The van der Waals surface area contributed by atoms with Gasteiger partial charge in [0.15, 0.2) is 5.82 Å². The minimum absolute atomic E-state index is 0.190. The minimum Gasteiger partial charge on any atom is -0.393 e. The Morgan fingerprint density at radius 1 is 0.815 bits per heavy atom. The van der Waals surface area contributed by atoms with Crippen molar-refractivity contribution in [2.24, 2.45) is 0 Å². The molecule has 3 aromatic rings. The van der Waals surface area contributed by atoms with Gasteiger partial charge < -0.3 is 15.7 Å². The number of nitrogens with one attached hydrogen (secondary N) is 2. The van der Waals surface area contributed by atoms with Crippen molar-refractivity contribution in [3.63, 3.8) is 0 Å². The second kappa shape index (κ2) is 8.09. The first kappa shape index (κ1) is 17.4. The van der Waals surface area contributed by atoms with E-state index in [-0.39, 0.29) is 12.1 Å². The zero-order chi connectivity index (χ0) is 18.5. The zero-order valence-electron chi connectivity index (χ0n) is 14.9. The number of hydrogen-bond donors (Lipinski definition) is 3. The van der Waals surface area contributed by atoms with Crippen LogP contribution in [-0.2, 0) is 0 Å². The molecule has 7 nitrogen and oxygen atoms in total. The first-order valence-corrected chi connectivity index (χ1v) is 9.19. The van der Waals surface area contributed by atoms with E-state index in [4.69, 9.17) is 0 Å². The van der Waals surface area contributed by atoms with Gasteiger partial charge in [-0.2, -0.15) is 15.0 Å². The van der Waals surface area contributed by atoms with Crippen LogP contribution in [0.3, 0.4) is 0 Å². The first-order valence-electron chi connectivity index (χ1n) is 9.19. The summed E-state index contributed by atoms with van der Waals surface area (Å²) in [6.07, 6.45) is 6.65. The van der Waals surface area contributed by atoms with Crippen molar-refractivity contribution in [2.75, 3.05) is 10.6 Å². The minimum atomic E-state index is -0.190. The molecule has 0 spiro atoms. The third-order valence-corrected chi connectivity index (χ3v) is 4.63. The van der Waals surface area contributed by atoms with Crippen LogP contribution >= 0.6 is 0 Å². The summed E-state index contributed by atoms with van der Waals surface area (Å²) in [5.41, 5.74) is 1.79. The van der Waals surface area contributed by atoms with Crippen LogP contribution in [-0.4, -0.2) is 37.2 Å². The van der Waals surface area contributed by atoms with Crippen molar-refractivity contribution in [1.29, 1.82) is 0 Å². The summed E-state index contributed by atoms with van der Waals surface area (Å²) in [6, 6.07) is 13.8. The summed E-state index contributed by atoms with van der Waals surface area (Å²) in [4.78, 5) is 17.7. The molecule has 0 amide bonds. The van der Waals surface area contributed by atoms with E-state index in [9.17, 15) is 5.11 Å². The summed E-state index contributed by atoms with van der Waals surface area (Å²) in [7, 11) is 0. The van der Waals surface area contributed by atoms with Crippen LogP contribution in [0.5, 0.6) is 0 Å². The van der Waals surface area contributed by atoms with Crippen LogP contribution in [0.1, 0.15) is 25.7 Å².